The van der Waals surface area contributed by atoms with Gasteiger partial charge in [-0.25, -0.2) is 0 Å². The van der Waals surface area contributed by atoms with Crippen LogP contribution in [0.15, 0.2) is 66.9 Å². The Balaban J connectivity index is -0.000000504. The van der Waals surface area contributed by atoms with Crippen molar-refractivity contribution in [3.8, 4) is 11.1 Å². The topological polar surface area (TPSA) is 146 Å². The summed E-state index contributed by atoms with van der Waals surface area (Å²) in [5.74, 6) is 0. The Hall–Kier alpha value is -2.05. The van der Waals surface area contributed by atoms with Crippen molar-refractivity contribution in [2.75, 3.05) is 0 Å². The SMILES string of the molecule is O=[N+]([O-])[O-].[Cl-].[NH2-].[NH2-].[Pt+4].c1ccc(-c2ccc3ncccc3c2)cc1. The van der Waals surface area contributed by atoms with Crippen LogP contribution >= 0.6 is 0 Å². The number of nitrogens with two attached hydrogens (primary N) is 2. The zero-order valence-corrected chi connectivity index (χ0v) is 15.3. The molecule has 0 atom stereocenters. The van der Waals surface area contributed by atoms with E-state index in [-0.39, 0.29) is 45.8 Å². The number of halogens is 1. The Morgan fingerprint density at radius 3 is 2.00 bits per heavy atom. The molecule has 1 aromatic heterocycles. The van der Waals surface area contributed by atoms with Crippen LogP contribution in [-0.4, -0.2) is 10.1 Å². The fourth-order valence-corrected chi connectivity index (χ4v) is 1.89. The van der Waals surface area contributed by atoms with E-state index in [1.165, 1.54) is 16.5 Å². The summed E-state index contributed by atoms with van der Waals surface area (Å²) < 4.78 is 0. The molecule has 4 N–H and O–H groups in total. The fourth-order valence-electron chi connectivity index (χ4n) is 1.89. The number of rotatable bonds is 1. The molecule has 0 saturated carbocycles. The Morgan fingerprint density at radius 1 is 0.833 bits per heavy atom. The molecule has 9 heteroatoms. The standard InChI is InChI=1S/C15H11N.ClH.NO3.2H2N.Pt/c1-2-5-12(6-3-1)13-8-9-15-14(11-13)7-4-10-16-15;;2-1(3)4;;;/h1-11H;1H;;2*1H2;/q;;3*-1;+4/p-1. The van der Waals surface area contributed by atoms with Gasteiger partial charge in [0.1, 0.15) is 0 Å². The first kappa shape index (κ1) is 26.8. The minimum atomic E-state index is -1.75. The molecule has 0 aliphatic rings. The minimum absolute atomic E-state index is 0. The summed E-state index contributed by atoms with van der Waals surface area (Å²) in [7, 11) is 0. The third-order valence-corrected chi connectivity index (χ3v) is 2.71. The fraction of sp³-hybridized carbons (Fsp3) is 0. The zero-order valence-electron chi connectivity index (χ0n) is 12.3. The van der Waals surface area contributed by atoms with Crippen LogP contribution in [0.25, 0.3) is 34.3 Å². The van der Waals surface area contributed by atoms with Crippen LogP contribution in [0.5, 0.6) is 0 Å². The molecule has 0 aliphatic carbocycles. The molecule has 130 valence electrons. The molecule has 0 unspecified atom stereocenters. The zero-order chi connectivity index (χ0) is 14.4. The Kier molecular flexibility index (Phi) is 15.0. The van der Waals surface area contributed by atoms with Crippen molar-refractivity contribution >= 4 is 10.9 Å². The molecule has 3 aromatic rings. The van der Waals surface area contributed by atoms with Gasteiger partial charge in [-0.05, 0) is 29.3 Å². The molecule has 0 amide bonds. The van der Waals surface area contributed by atoms with Crippen molar-refractivity contribution in [2.45, 2.75) is 0 Å². The second-order valence-electron chi connectivity index (χ2n) is 4.00. The molecular weight excluding hydrogens is 515 g/mol. The summed E-state index contributed by atoms with van der Waals surface area (Å²) in [6.45, 7) is 0. The first-order valence-electron chi connectivity index (χ1n) is 5.88. The Labute approximate surface area is 160 Å². The van der Waals surface area contributed by atoms with Gasteiger partial charge < -0.3 is 40.0 Å². The number of aromatic nitrogens is 1. The normalized spacial score (nSPS) is 8.00. The predicted octanol–water partition coefficient (Wildman–Crippen LogP) is 2.10. The molecule has 0 spiro atoms. The molecule has 0 fully saturated rings. The molecule has 0 radical (unpaired) electrons. The summed E-state index contributed by atoms with van der Waals surface area (Å²) >= 11 is 0. The molecule has 2 aromatic carbocycles. The van der Waals surface area contributed by atoms with Gasteiger partial charge in [0.25, 0.3) is 0 Å². The van der Waals surface area contributed by atoms with E-state index < -0.39 is 5.09 Å². The number of fused-ring (bicyclic) bond motifs is 1. The van der Waals surface area contributed by atoms with Crippen molar-refractivity contribution in [1.29, 1.82) is 0 Å². The van der Waals surface area contributed by atoms with Gasteiger partial charge >= 0.3 is 21.1 Å². The third-order valence-electron chi connectivity index (χ3n) is 2.71. The summed E-state index contributed by atoms with van der Waals surface area (Å²) in [6.07, 6.45) is 1.82. The van der Waals surface area contributed by atoms with Gasteiger partial charge in [-0.1, -0.05) is 42.5 Å². The third kappa shape index (κ3) is 7.99. The van der Waals surface area contributed by atoms with Gasteiger partial charge in [-0.2, -0.15) is 0 Å². The van der Waals surface area contributed by atoms with E-state index in [4.69, 9.17) is 15.3 Å². The maximum absolute atomic E-state index is 8.25. The van der Waals surface area contributed by atoms with E-state index >= 15 is 0 Å². The summed E-state index contributed by atoms with van der Waals surface area (Å²) in [4.78, 5) is 12.6. The van der Waals surface area contributed by atoms with Crippen LogP contribution in [-0.2, 0) is 21.1 Å². The second kappa shape index (κ2) is 13.4. The molecule has 7 nitrogen and oxygen atoms in total. The monoisotopic (exact) mass is 529 g/mol. The van der Waals surface area contributed by atoms with Crippen LogP contribution in [0.3, 0.4) is 0 Å². The van der Waals surface area contributed by atoms with Crippen molar-refractivity contribution in [3.05, 3.63) is 94.5 Å². The van der Waals surface area contributed by atoms with Crippen molar-refractivity contribution in [3.63, 3.8) is 0 Å². The van der Waals surface area contributed by atoms with Crippen molar-refractivity contribution < 1.29 is 38.6 Å². The molecule has 0 bridgehead atoms. The number of pyridine rings is 1. The Bertz CT molecular complexity index is 728. The molecule has 1 heterocycles. The van der Waals surface area contributed by atoms with E-state index in [1.807, 2.05) is 18.3 Å². The van der Waals surface area contributed by atoms with Crippen LogP contribution in [0, 0.1) is 15.3 Å². The maximum atomic E-state index is 8.25. The van der Waals surface area contributed by atoms with Crippen molar-refractivity contribution in [2.24, 2.45) is 0 Å². The van der Waals surface area contributed by atoms with E-state index in [0.717, 1.165) is 5.52 Å². The number of benzene rings is 2. The van der Waals surface area contributed by atoms with Crippen molar-refractivity contribution in [1.82, 2.24) is 4.98 Å². The largest absolute Gasteiger partial charge is 4.00 e. The van der Waals surface area contributed by atoms with Gasteiger partial charge in [0.15, 0.2) is 0 Å². The van der Waals surface area contributed by atoms with Gasteiger partial charge in [0.2, 0.25) is 0 Å². The molecule has 24 heavy (non-hydrogen) atoms. The first-order valence-corrected chi connectivity index (χ1v) is 5.88. The van der Waals surface area contributed by atoms with Crippen LogP contribution in [0.2, 0.25) is 0 Å². The van der Waals surface area contributed by atoms with Gasteiger partial charge in [0.05, 0.1) is 10.6 Å². The number of hydrogen-bond acceptors (Lipinski definition) is 4. The van der Waals surface area contributed by atoms with Gasteiger partial charge in [-0.15, -0.1) is 0 Å². The van der Waals surface area contributed by atoms with E-state index in [0.29, 0.717) is 0 Å². The molecule has 0 saturated heterocycles. The quantitative estimate of drug-likeness (QED) is 0.351. The summed E-state index contributed by atoms with van der Waals surface area (Å²) in [6, 6.07) is 20.8. The van der Waals surface area contributed by atoms with E-state index in [2.05, 4.69) is 53.5 Å². The smallest absolute Gasteiger partial charge is 1.00 e. The average Bonchev–Trinajstić information content (AvgIpc) is 2.47. The summed E-state index contributed by atoms with van der Waals surface area (Å²) in [5, 5.41) is 15.9. The minimum Gasteiger partial charge on any atom is -1.00 e. The maximum Gasteiger partial charge on any atom is 4.00 e. The van der Waals surface area contributed by atoms with Crippen LogP contribution in [0.1, 0.15) is 0 Å². The number of hydrogen-bond donors (Lipinski definition) is 0. The van der Waals surface area contributed by atoms with E-state index in [9.17, 15) is 0 Å². The second-order valence-corrected chi connectivity index (χ2v) is 4.00. The summed E-state index contributed by atoms with van der Waals surface area (Å²) in [5.41, 5.74) is 3.52. The number of nitrogens with zero attached hydrogens (tertiary/aromatic N) is 2. The van der Waals surface area contributed by atoms with Crippen LogP contribution < -0.4 is 12.4 Å². The molecular formula is C15H15ClN4O3Pt. The Morgan fingerprint density at radius 2 is 1.42 bits per heavy atom. The van der Waals surface area contributed by atoms with Crippen LogP contribution in [0.4, 0.5) is 0 Å². The molecule has 0 aliphatic heterocycles. The van der Waals surface area contributed by atoms with Gasteiger partial charge in [-0.3, -0.25) is 4.98 Å². The van der Waals surface area contributed by atoms with Gasteiger partial charge in [0, 0.05) is 11.6 Å². The average molecular weight is 530 g/mol. The first-order chi connectivity index (χ1) is 9.66. The van der Waals surface area contributed by atoms with E-state index in [1.54, 1.807) is 0 Å². The molecule has 3 rings (SSSR count). The predicted molar refractivity (Wildman–Crippen MR) is 88.1 cm³/mol.